The molecule has 0 radical (unpaired) electrons. The number of rotatable bonds is 4. The molecule has 0 atom stereocenters. The molecule has 0 aliphatic rings. The van der Waals surface area contributed by atoms with E-state index in [2.05, 4.69) is 6.92 Å². The Morgan fingerprint density at radius 2 is 1.80 bits per heavy atom. The molecule has 0 amide bonds. The van der Waals surface area contributed by atoms with E-state index in [9.17, 15) is 10.2 Å². The number of hydrogen-bond acceptors (Lipinski definition) is 2. The first-order valence-electron chi connectivity index (χ1n) is 5.61. The summed E-state index contributed by atoms with van der Waals surface area (Å²) in [6.07, 6.45) is 2.95. The molecule has 2 nitrogen and oxygen atoms in total. The van der Waals surface area contributed by atoms with Crippen LogP contribution in [0.1, 0.15) is 50.7 Å². The Morgan fingerprint density at radius 1 is 1.13 bits per heavy atom. The molecule has 2 heteroatoms. The lowest BCUT2D eigenvalue weighted by molar-refractivity contribution is 0.445. The number of phenolic OH excluding ortho intramolecular Hbond substituents is 2. The lowest BCUT2D eigenvalue weighted by Crippen LogP contribution is -1.92. The summed E-state index contributed by atoms with van der Waals surface area (Å²) >= 11 is 0. The van der Waals surface area contributed by atoms with Crippen LogP contribution < -0.4 is 0 Å². The van der Waals surface area contributed by atoms with Gasteiger partial charge in [-0.2, -0.15) is 0 Å². The maximum atomic E-state index is 9.78. The summed E-state index contributed by atoms with van der Waals surface area (Å²) in [4.78, 5) is 0. The lowest BCUT2D eigenvalue weighted by atomic mass is 9.97. The number of aryl methyl sites for hydroxylation is 1. The molecule has 84 valence electrons. The number of phenols is 2. The molecule has 0 unspecified atom stereocenters. The van der Waals surface area contributed by atoms with E-state index in [1.165, 1.54) is 0 Å². The van der Waals surface area contributed by atoms with Gasteiger partial charge in [0.1, 0.15) is 11.5 Å². The van der Waals surface area contributed by atoms with Gasteiger partial charge in [0.2, 0.25) is 0 Å². The summed E-state index contributed by atoms with van der Waals surface area (Å²) in [6.45, 7) is 6.11. The van der Waals surface area contributed by atoms with Crippen LogP contribution in [0.2, 0.25) is 0 Å². The Balaban J connectivity index is 2.97. The predicted octanol–water partition coefficient (Wildman–Crippen LogP) is 3.56. The summed E-state index contributed by atoms with van der Waals surface area (Å²) in [5.41, 5.74) is 1.66. The van der Waals surface area contributed by atoms with E-state index in [0.29, 0.717) is 11.5 Å². The number of unbranched alkanes of at least 4 members (excludes halogenated alkanes) is 1. The van der Waals surface area contributed by atoms with Crippen LogP contribution in [-0.2, 0) is 6.42 Å². The fourth-order valence-electron chi connectivity index (χ4n) is 1.67. The second-order valence-electron chi connectivity index (χ2n) is 4.30. The summed E-state index contributed by atoms with van der Waals surface area (Å²) < 4.78 is 0. The van der Waals surface area contributed by atoms with Gasteiger partial charge in [0.15, 0.2) is 0 Å². The van der Waals surface area contributed by atoms with Gasteiger partial charge in [0.25, 0.3) is 0 Å². The van der Waals surface area contributed by atoms with Crippen molar-refractivity contribution >= 4 is 0 Å². The van der Waals surface area contributed by atoms with Crippen LogP contribution in [0, 0.1) is 0 Å². The van der Waals surface area contributed by atoms with Crippen molar-refractivity contribution < 1.29 is 10.2 Å². The van der Waals surface area contributed by atoms with Crippen molar-refractivity contribution in [2.24, 2.45) is 0 Å². The standard InChI is InChI=1S/C13H20O2/c1-4-5-6-10-7-13(15)11(9(2)3)8-12(10)14/h7-9,14-15H,4-6H2,1-3H3. The zero-order valence-corrected chi connectivity index (χ0v) is 9.75. The van der Waals surface area contributed by atoms with Crippen molar-refractivity contribution in [1.82, 2.24) is 0 Å². The Labute approximate surface area is 91.6 Å². The minimum absolute atomic E-state index is 0.233. The SMILES string of the molecule is CCCCc1cc(O)c(C(C)C)cc1O. The molecule has 0 saturated heterocycles. The van der Waals surface area contributed by atoms with Gasteiger partial charge >= 0.3 is 0 Å². The van der Waals surface area contributed by atoms with Crippen LogP contribution >= 0.6 is 0 Å². The van der Waals surface area contributed by atoms with Crippen molar-refractivity contribution in [2.45, 2.75) is 46.0 Å². The molecule has 0 saturated carbocycles. The first kappa shape index (κ1) is 11.9. The molecular formula is C13H20O2. The molecule has 15 heavy (non-hydrogen) atoms. The smallest absolute Gasteiger partial charge is 0.119 e. The first-order valence-corrected chi connectivity index (χ1v) is 5.61. The van der Waals surface area contributed by atoms with E-state index in [1.54, 1.807) is 12.1 Å². The van der Waals surface area contributed by atoms with Crippen molar-refractivity contribution in [3.05, 3.63) is 23.3 Å². The van der Waals surface area contributed by atoms with E-state index < -0.39 is 0 Å². The molecule has 1 aromatic carbocycles. The van der Waals surface area contributed by atoms with Gasteiger partial charge in [-0.1, -0.05) is 27.2 Å². The van der Waals surface area contributed by atoms with E-state index >= 15 is 0 Å². The van der Waals surface area contributed by atoms with Crippen molar-refractivity contribution in [3.8, 4) is 11.5 Å². The van der Waals surface area contributed by atoms with E-state index in [1.807, 2.05) is 13.8 Å². The third kappa shape index (κ3) is 2.88. The molecule has 0 heterocycles. The Morgan fingerprint density at radius 3 is 2.33 bits per heavy atom. The molecule has 0 fully saturated rings. The monoisotopic (exact) mass is 208 g/mol. The highest BCUT2D eigenvalue weighted by molar-refractivity contribution is 5.46. The molecule has 0 aliphatic heterocycles. The third-order valence-electron chi connectivity index (χ3n) is 2.65. The third-order valence-corrected chi connectivity index (χ3v) is 2.65. The van der Waals surface area contributed by atoms with E-state index in [4.69, 9.17) is 0 Å². The first-order chi connectivity index (χ1) is 7.06. The van der Waals surface area contributed by atoms with Gasteiger partial charge in [-0.05, 0) is 36.5 Å². The van der Waals surface area contributed by atoms with Gasteiger partial charge < -0.3 is 10.2 Å². The van der Waals surface area contributed by atoms with Crippen molar-refractivity contribution in [1.29, 1.82) is 0 Å². The molecular weight excluding hydrogens is 188 g/mol. The summed E-state index contributed by atoms with van der Waals surface area (Å²) in [5, 5.41) is 19.6. The summed E-state index contributed by atoms with van der Waals surface area (Å²) in [7, 11) is 0. The number of benzene rings is 1. The maximum Gasteiger partial charge on any atom is 0.119 e. The molecule has 1 aromatic rings. The largest absolute Gasteiger partial charge is 0.508 e. The highest BCUT2D eigenvalue weighted by Gasteiger charge is 2.10. The normalized spacial score (nSPS) is 10.9. The zero-order valence-electron chi connectivity index (χ0n) is 9.75. The van der Waals surface area contributed by atoms with Crippen LogP contribution in [0.15, 0.2) is 12.1 Å². The minimum atomic E-state index is 0.233. The van der Waals surface area contributed by atoms with Gasteiger partial charge in [-0.3, -0.25) is 0 Å². The summed E-state index contributed by atoms with van der Waals surface area (Å²) in [5.74, 6) is 0.843. The number of aromatic hydroxyl groups is 2. The van der Waals surface area contributed by atoms with Crippen molar-refractivity contribution in [2.75, 3.05) is 0 Å². The fourth-order valence-corrected chi connectivity index (χ4v) is 1.67. The Kier molecular flexibility index (Phi) is 4.01. The van der Waals surface area contributed by atoms with Crippen LogP contribution in [0.4, 0.5) is 0 Å². The van der Waals surface area contributed by atoms with Crippen LogP contribution in [0.3, 0.4) is 0 Å². The molecule has 0 bridgehead atoms. The van der Waals surface area contributed by atoms with Gasteiger partial charge in [0.05, 0.1) is 0 Å². The average Bonchev–Trinajstić information content (AvgIpc) is 2.18. The second kappa shape index (κ2) is 5.06. The average molecular weight is 208 g/mol. The molecule has 0 aliphatic carbocycles. The predicted molar refractivity (Wildman–Crippen MR) is 62.5 cm³/mol. The molecule has 0 spiro atoms. The highest BCUT2D eigenvalue weighted by Crippen LogP contribution is 2.32. The topological polar surface area (TPSA) is 40.5 Å². The maximum absolute atomic E-state index is 9.78. The van der Waals surface area contributed by atoms with Crippen LogP contribution in [0.25, 0.3) is 0 Å². The lowest BCUT2D eigenvalue weighted by Gasteiger charge is -2.12. The van der Waals surface area contributed by atoms with Gasteiger partial charge in [-0.25, -0.2) is 0 Å². The van der Waals surface area contributed by atoms with Crippen LogP contribution in [0.5, 0.6) is 11.5 Å². The van der Waals surface area contributed by atoms with Crippen molar-refractivity contribution in [3.63, 3.8) is 0 Å². The Bertz CT molecular complexity index is 330. The van der Waals surface area contributed by atoms with Gasteiger partial charge in [-0.15, -0.1) is 0 Å². The van der Waals surface area contributed by atoms with Gasteiger partial charge in [0, 0.05) is 5.56 Å². The van der Waals surface area contributed by atoms with Crippen LogP contribution in [-0.4, -0.2) is 10.2 Å². The minimum Gasteiger partial charge on any atom is -0.508 e. The zero-order chi connectivity index (χ0) is 11.4. The molecule has 2 N–H and O–H groups in total. The Hall–Kier alpha value is -1.18. The number of hydrogen-bond donors (Lipinski definition) is 2. The highest BCUT2D eigenvalue weighted by atomic mass is 16.3. The van der Waals surface area contributed by atoms with E-state index in [0.717, 1.165) is 30.4 Å². The quantitative estimate of drug-likeness (QED) is 0.743. The molecule has 0 aromatic heterocycles. The summed E-state index contributed by atoms with van der Waals surface area (Å²) in [6, 6.07) is 3.38. The fraction of sp³-hybridized carbons (Fsp3) is 0.538. The molecule has 1 rings (SSSR count). The van der Waals surface area contributed by atoms with E-state index in [-0.39, 0.29) is 5.92 Å². The second-order valence-corrected chi connectivity index (χ2v) is 4.30.